The maximum Gasteiger partial charge on any atom is 0.335 e. The molecule has 2 N–H and O–H groups in total. The first-order valence-corrected chi connectivity index (χ1v) is 7.86. The molecule has 3 aromatic heterocycles. The quantitative estimate of drug-likeness (QED) is 0.713. The predicted molar refractivity (Wildman–Crippen MR) is 93.1 cm³/mol. The van der Waals surface area contributed by atoms with Crippen LogP contribution in [0.15, 0.2) is 55.1 Å². The van der Waals surface area contributed by atoms with Gasteiger partial charge in [0.2, 0.25) is 5.95 Å². The summed E-state index contributed by atoms with van der Waals surface area (Å²) < 4.78 is 0. The average Bonchev–Trinajstić information content (AvgIpc) is 2.67. The number of nitrogens with one attached hydrogen (secondary N) is 1. The third-order valence-corrected chi connectivity index (χ3v) is 3.74. The predicted octanol–water partition coefficient (Wildman–Crippen LogP) is 3.20. The third-order valence-electron chi connectivity index (χ3n) is 3.74. The van der Waals surface area contributed by atoms with E-state index in [9.17, 15) is 4.79 Å². The van der Waals surface area contributed by atoms with E-state index in [0.717, 1.165) is 12.0 Å². The average molecular weight is 335 g/mol. The number of aromatic carboxylic acids is 1. The van der Waals surface area contributed by atoms with Crippen molar-refractivity contribution in [1.29, 1.82) is 0 Å². The molecule has 0 saturated carbocycles. The van der Waals surface area contributed by atoms with Gasteiger partial charge in [-0.15, -0.1) is 0 Å². The van der Waals surface area contributed by atoms with Gasteiger partial charge >= 0.3 is 5.97 Å². The Labute approximate surface area is 144 Å². The van der Waals surface area contributed by atoms with Crippen molar-refractivity contribution < 1.29 is 9.90 Å². The highest BCUT2D eigenvalue weighted by atomic mass is 16.4. The van der Waals surface area contributed by atoms with Crippen molar-refractivity contribution in [1.82, 2.24) is 19.9 Å². The van der Waals surface area contributed by atoms with E-state index in [1.807, 2.05) is 12.1 Å². The van der Waals surface area contributed by atoms with Crippen molar-refractivity contribution >= 4 is 11.9 Å². The lowest BCUT2D eigenvalue weighted by Gasteiger charge is -2.17. The zero-order chi connectivity index (χ0) is 17.6. The smallest absolute Gasteiger partial charge is 0.335 e. The van der Waals surface area contributed by atoms with Crippen molar-refractivity contribution in [3.63, 3.8) is 0 Å². The molecule has 0 aromatic carbocycles. The number of hydrogen-bond acceptors (Lipinski definition) is 6. The Balaban J connectivity index is 1.86. The molecule has 3 aromatic rings. The number of carbonyl (C=O) groups is 1. The molecule has 7 heteroatoms. The van der Waals surface area contributed by atoms with E-state index in [4.69, 9.17) is 5.11 Å². The van der Waals surface area contributed by atoms with E-state index in [1.54, 1.807) is 24.7 Å². The standard InChI is InChI=1S/C18H17N5O2/c1-2-14(12-3-7-19-8-4-12)22-18-21-10-6-15(23-18)16-11-13(17(24)25)5-9-20-16/h3-11,14H,2H2,1H3,(H,24,25)(H,21,22,23)/t14-/m1/s1. The van der Waals surface area contributed by atoms with Gasteiger partial charge in [-0.25, -0.2) is 14.8 Å². The van der Waals surface area contributed by atoms with Crippen LogP contribution in [0, 0.1) is 0 Å². The van der Waals surface area contributed by atoms with E-state index in [0.29, 0.717) is 17.3 Å². The van der Waals surface area contributed by atoms with Crippen LogP contribution in [0.25, 0.3) is 11.4 Å². The van der Waals surface area contributed by atoms with E-state index < -0.39 is 5.97 Å². The van der Waals surface area contributed by atoms with Gasteiger partial charge in [0.15, 0.2) is 0 Å². The SMILES string of the molecule is CC[C@@H](Nc1nccc(-c2cc(C(=O)O)ccn2)n1)c1ccncc1. The van der Waals surface area contributed by atoms with Crippen LogP contribution in [-0.4, -0.2) is 31.0 Å². The fourth-order valence-corrected chi connectivity index (χ4v) is 2.45. The number of hydrogen-bond donors (Lipinski definition) is 2. The van der Waals surface area contributed by atoms with Gasteiger partial charge < -0.3 is 10.4 Å². The van der Waals surface area contributed by atoms with Crippen molar-refractivity contribution in [3.8, 4) is 11.4 Å². The van der Waals surface area contributed by atoms with Crippen LogP contribution in [0.5, 0.6) is 0 Å². The highest BCUT2D eigenvalue weighted by Crippen LogP contribution is 2.22. The number of rotatable bonds is 6. The zero-order valence-electron chi connectivity index (χ0n) is 13.6. The number of anilines is 1. The summed E-state index contributed by atoms with van der Waals surface area (Å²) in [4.78, 5) is 28.1. The second kappa shape index (κ2) is 7.48. The molecular weight excluding hydrogens is 318 g/mol. The molecule has 3 heterocycles. The zero-order valence-corrected chi connectivity index (χ0v) is 13.6. The van der Waals surface area contributed by atoms with Crippen LogP contribution in [0.4, 0.5) is 5.95 Å². The molecule has 7 nitrogen and oxygen atoms in total. The number of pyridine rings is 2. The Kier molecular flexibility index (Phi) is 4.94. The lowest BCUT2D eigenvalue weighted by atomic mass is 10.1. The van der Waals surface area contributed by atoms with Crippen molar-refractivity contribution in [2.75, 3.05) is 5.32 Å². The Hall–Kier alpha value is -3.35. The fraction of sp³-hybridized carbons (Fsp3) is 0.167. The number of carboxylic acids is 1. The minimum absolute atomic E-state index is 0.0524. The molecule has 0 amide bonds. The summed E-state index contributed by atoms with van der Waals surface area (Å²) in [5.74, 6) is -0.538. The number of carboxylic acid groups (broad SMARTS) is 1. The van der Waals surface area contributed by atoms with Crippen LogP contribution >= 0.6 is 0 Å². The maximum atomic E-state index is 11.1. The minimum atomic E-state index is -1.00. The lowest BCUT2D eigenvalue weighted by molar-refractivity contribution is 0.0697. The lowest BCUT2D eigenvalue weighted by Crippen LogP contribution is -2.12. The first kappa shape index (κ1) is 16.5. The maximum absolute atomic E-state index is 11.1. The molecule has 3 rings (SSSR count). The summed E-state index contributed by atoms with van der Waals surface area (Å²) in [6.45, 7) is 2.07. The van der Waals surface area contributed by atoms with Gasteiger partial charge in [0.05, 0.1) is 23.0 Å². The Morgan fingerprint density at radius 3 is 2.56 bits per heavy atom. The van der Waals surface area contributed by atoms with Gasteiger partial charge in [-0.05, 0) is 42.3 Å². The summed E-state index contributed by atoms with van der Waals surface area (Å²) in [7, 11) is 0. The molecule has 0 fully saturated rings. The van der Waals surface area contributed by atoms with Gasteiger partial charge in [0.25, 0.3) is 0 Å². The van der Waals surface area contributed by atoms with Crippen molar-refractivity contribution in [3.05, 3.63) is 66.2 Å². The first-order valence-electron chi connectivity index (χ1n) is 7.86. The summed E-state index contributed by atoms with van der Waals surface area (Å²) in [6.07, 6.45) is 7.43. The van der Waals surface area contributed by atoms with E-state index >= 15 is 0 Å². The molecule has 1 atom stereocenters. The largest absolute Gasteiger partial charge is 0.478 e. The van der Waals surface area contributed by atoms with Crippen LogP contribution in [-0.2, 0) is 0 Å². The molecule has 0 radical (unpaired) electrons. The highest BCUT2D eigenvalue weighted by Gasteiger charge is 2.12. The van der Waals surface area contributed by atoms with Crippen molar-refractivity contribution in [2.24, 2.45) is 0 Å². The van der Waals surface area contributed by atoms with Gasteiger partial charge in [-0.1, -0.05) is 6.92 Å². The molecule has 0 bridgehead atoms. The second-order valence-corrected chi connectivity index (χ2v) is 5.39. The minimum Gasteiger partial charge on any atom is -0.478 e. The van der Waals surface area contributed by atoms with Crippen LogP contribution in [0.3, 0.4) is 0 Å². The van der Waals surface area contributed by atoms with Gasteiger partial charge in [0, 0.05) is 24.8 Å². The van der Waals surface area contributed by atoms with E-state index in [1.165, 1.54) is 18.3 Å². The van der Waals surface area contributed by atoms with Crippen LogP contribution in [0.2, 0.25) is 0 Å². The Morgan fingerprint density at radius 1 is 1.08 bits per heavy atom. The molecule has 0 aliphatic rings. The van der Waals surface area contributed by atoms with Crippen LogP contribution < -0.4 is 5.32 Å². The monoisotopic (exact) mass is 335 g/mol. The topological polar surface area (TPSA) is 101 Å². The first-order chi connectivity index (χ1) is 12.2. The third kappa shape index (κ3) is 3.95. The summed E-state index contributed by atoms with van der Waals surface area (Å²) in [5, 5.41) is 12.4. The molecule has 126 valence electrons. The number of aromatic nitrogens is 4. The van der Waals surface area contributed by atoms with Crippen LogP contribution in [0.1, 0.15) is 35.3 Å². The van der Waals surface area contributed by atoms with Gasteiger partial charge in [-0.3, -0.25) is 9.97 Å². The second-order valence-electron chi connectivity index (χ2n) is 5.39. The summed E-state index contributed by atoms with van der Waals surface area (Å²) in [6, 6.07) is 8.59. The molecule has 0 spiro atoms. The highest BCUT2D eigenvalue weighted by molar-refractivity contribution is 5.88. The molecule has 0 unspecified atom stereocenters. The van der Waals surface area contributed by atoms with Crippen molar-refractivity contribution in [2.45, 2.75) is 19.4 Å². The van der Waals surface area contributed by atoms with Gasteiger partial charge in [0.1, 0.15) is 0 Å². The number of nitrogens with zero attached hydrogens (tertiary/aromatic N) is 4. The molecule has 0 saturated heterocycles. The molecule has 0 aliphatic heterocycles. The fourth-order valence-electron chi connectivity index (χ4n) is 2.45. The van der Waals surface area contributed by atoms with E-state index in [2.05, 4.69) is 32.2 Å². The summed E-state index contributed by atoms with van der Waals surface area (Å²) >= 11 is 0. The molecular formula is C18H17N5O2. The Bertz CT molecular complexity index is 870. The van der Waals surface area contributed by atoms with E-state index in [-0.39, 0.29) is 11.6 Å². The molecule has 0 aliphatic carbocycles. The normalized spacial score (nSPS) is 11.7. The summed E-state index contributed by atoms with van der Waals surface area (Å²) in [5.41, 5.74) is 2.31. The Morgan fingerprint density at radius 2 is 1.84 bits per heavy atom. The molecule has 25 heavy (non-hydrogen) atoms. The van der Waals surface area contributed by atoms with Gasteiger partial charge in [-0.2, -0.15) is 0 Å².